The Labute approximate surface area is 112 Å². The van der Waals surface area contributed by atoms with Crippen LogP contribution < -0.4 is 10.6 Å². The predicted molar refractivity (Wildman–Crippen MR) is 76.1 cm³/mol. The lowest BCUT2D eigenvalue weighted by atomic mass is 10.1. The zero-order valence-corrected chi connectivity index (χ0v) is 11.1. The average molecular weight is 255 g/mol. The first-order valence-electron chi connectivity index (χ1n) is 6.21. The Morgan fingerprint density at radius 1 is 1.16 bits per heavy atom. The highest BCUT2D eigenvalue weighted by Crippen LogP contribution is 2.15. The number of amides is 1. The fourth-order valence-corrected chi connectivity index (χ4v) is 1.89. The third-order valence-corrected chi connectivity index (χ3v) is 2.94. The molecule has 0 saturated heterocycles. The van der Waals surface area contributed by atoms with Gasteiger partial charge in [0.15, 0.2) is 0 Å². The molecule has 19 heavy (non-hydrogen) atoms. The SMILES string of the molecule is CNc1ncccc1C(=O)NC(C)c1ccccc1. The van der Waals surface area contributed by atoms with Gasteiger partial charge < -0.3 is 10.6 Å². The number of benzene rings is 1. The number of carbonyl (C=O) groups excluding carboxylic acids is 1. The molecule has 2 aromatic rings. The quantitative estimate of drug-likeness (QED) is 0.883. The van der Waals surface area contributed by atoms with Gasteiger partial charge in [0.25, 0.3) is 5.91 Å². The number of hydrogen-bond donors (Lipinski definition) is 2. The predicted octanol–water partition coefficient (Wildman–Crippen LogP) is 2.61. The van der Waals surface area contributed by atoms with Crippen LogP contribution in [0.1, 0.15) is 28.9 Å². The van der Waals surface area contributed by atoms with Gasteiger partial charge in [-0.1, -0.05) is 30.3 Å². The molecule has 0 aliphatic carbocycles. The molecule has 1 aromatic carbocycles. The molecule has 0 fully saturated rings. The monoisotopic (exact) mass is 255 g/mol. The normalized spacial score (nSPS) is 11.7. The molecule has 1 heterocycles. The molecule has 0 bridgehead atoms. The van der Waals surface area contributed by atoms with Gasteiger partial charge in [-0.05, 0) is 24.6 Å². The number of aromatic nitrogens is 1. The summed E-state index contributed by atoms with van der Waals surface area (Å²) in [6.07, 6.45) is 1.66. The Balaban J connectivity index is 2.13. The number of rotatable bonds is 4. The number of anilines is 1. The van der Waals surface area contributed by atoms with Crippen molar-refractivity contribution in [3.63, 3.8) is 0 Å². The molecule has 2 rings (SSSR count). The summed E-state index contributed by atoms with van der Waals surface area (Å²) in [6, 6.07) is 13.3. The zero-order chi connectivity index (χ0) is 13.7. The van der Waals surface area contributed by atoms with Gasteiger partial charge in [-0.3, -0.25) is 4.79 Å². The Morgan fingerprint density at radius 2 is 1.89 bits per heavy atom. The summed E-state index contributed by atoms with van der Waals surface area (Å²) in [6.45, 7) is 1.96. The minimum atomic E-state index is -0.131. The molecule has 0 saturated carbocycles. The maximum atomic E-state index is 12.2. The molecular formula is C15H17N3O. The van der Waals surface area contributed by atoms with Gasteiger partial charge >= 0.3 is 0 Å². The summed E-state index contributed by atoms with van der Waals surface area (Å²) in [5.41, 5.74) is 1.62. The van der Waals surface area contributed by atoms with E-state index in [1.54, 1.807) is 25.4 Å². The largest absolute Gasteiger partial charge is 0.372 e. The second-order valence-corrected chi connectivity index (χ2v) is 4.26. The second kappa shape index (κ2) is 6.00. The van der Waals surface area contributed by atoms with E-state index in [-0.39, 0.29) is 11.9 Å². The lowest BCUT2D eigenvalue weighted by Gasteiger charge is -2.15. The highest BCUT2D eigenvalue weighted by atomic mass is 16.1. The molecule has 0 aliphatic heterocycles. The molecule has 2 N–H and O–H groups in total. The van der Waals surface area contributed by atoms with Crippen LogP contribution in [-0.2, 0) is 0 Å². The van der Waals surface area contributed by atoms with Crippen LogP contribution in [0.3, 0.4) is 0 Å². The molecule has 1 atom stereocenters. The number of hydrogen-bond acceptors (Lipinski definition) is 3. The Hall–Kier alpha value is -2.36. The molecule has 0 spiro atoms. The minimum Gasteiger partial charge on any atom is -0.372 e. The van der Waals surface area contributed by atoms with Crippen molar-refractivity contribution in [1.29, 1.82) is 0 Å². The lowest BCUT2D eigenvalue weighted by molar-refractivity contribution is 0.0940. The van der Waals surface area contributed by atoms with Crippen LogP contribution in [0.25, 0.3) is 0 Å². The van der Waals surface area contributed by atoms with Crippen molar-refractivity contribution in [2.24, 2.45) is 0 Å². The van der Waals surface area contributed by atoms with Crippen LogP contribution in [0.15, 0.2) is 48.7 Å². The number of carbonyl (C=O) groups is 1. The molecular weight excluding hydrogens is 238 g/mol. The van der Waals surface area contributed by atoms with Crippen molar-refractivity contribution in [2.75, 3.05) is 12.4 Å². The summed E-state index contributed by atoms with van der Waals surface area (Å²) in [4.78, 5) is 16.3. The van der Waals surface area contributed by atoms with Crippen LogP contribution >= 0.6 is 0 Å². The molecule has 98 valence electrons. The maximum Gasteiger partial charge on any atom is 0.255 e. The van der Waals surface area contributed by atoms with Gasteiger partial charge in [0.05, 0.1) is 11.6 Å². The van der Waals surface area contributed by atoms with Crippen LogP contribution in [0.2, 0.25) is 0 Å². The minimum absolute atomic E-state index is 0.0430. The average Bonchev–Trinajstić information content (AvgIpc) is 2.48. The summed E-state index contributed by atoms with van der Waals surface area (Å²) in [7, 11) is 1.75. The zero-order valence-electron chi connectivity index (χ0n) is 11.1. The van der Waals surface area contributed by atoms with Crippen LogP contribution in [0, 0.1) is 0 Å². The standard InChI is InChI=1S/C15H17N3O/c1-11(12-7-4-3-5-8-12)18-15(19)13-9-6-10-17-14(13)16-2/h3-11H,1-2H3,(H,16,17)(H,18,19). The highest BCUT2D eigenvalue weighted by Gasteiger charge is 2.14. The first-order valence-corrected chi connectivity index (χ1v) is 6.21. The fraction of sp³-hybridized carbons (Fsp3) is 0.200. The van der Waals surface area contributed by atoms with E-state index >= 15 is 0 Å². The van der Waals surface area contributed by atoms with Crippen LogP contribution in [-0.4, -0.2) is 17.9 Å². The first-order chi connectivity index (χ1) is 9.22. The molecule has 1 unspecified atom stereocenters. The van der Waals surface area contributed by atoms with Gasteiger partial charge in [0, 0.05) is 13.2 Å². The lowest BCUT2D eigenvalue weighted by Crippen LogP contribution is -2.27. The Morgan fingerprint density at radius 3 is 2.58 bits per heavy atom. The maximum absolute atomic E-state index is 12.2. The Bertz CT molecular complexity index is 554. The van der Waals surface area contributed by atoms with Gasteiger partial charge in [-0.25, -0.2) is 4.98 Å². The smallest absolute Gasteiger partial charge is 0.255 e. The van der Waals surface area contributed by atoms with Gasteiger partial charge in [0.1, 0.15) is 5.82 Å². The van der Waals surface area contributed by atoms with Crippen molar-refractivity contribution >= 4 is 11.7 Å². The van der Waals surface area contributed by atoms with E-state index in [2.05, 4.69) is 15.6 Å². The van der Waals surface area contributed by atoms with Crippen molar-refractivity contribution in [1.82, 2.24) is 10.3 Å². The van der Waals surface area contributed by atoms with Crippen molar-refractivity contribution in [3.05, 3.63) is 59.8 Å². The van der Waals surface area contributed by atoms with Crippen LogP contribution in [0.5, 0.6) is 0 Å². The van der Waals surface area contributed by atoms with Gasteiger partial charge in [0.2, 0.25) is 0 Å². The van der Waals surface area contributed by atoms with Gasteiger partial charge in [-0.2, -0.15) is 0 Å². The van der Waals surface area contributed by atoms with E-state index in [1.165, 1.54) is 0 Å². The second-order valence-electron chi connectivity index (χ2n) is 4.26. The number of nitrogens with zero attached hydrogens (tertiary/aromatic N) is 1. The van der Waals surface area contributed by atoms with E-state index in [0.717, 1.165) is 5.56 Å². The molecule has 0 aliphatic rings. The molecule has 1 aromatic heterocycles. The summed E-state index contributed by atoms with van der Waals surface area (Å²) in [5, 5.41) is 5.89. The van der Waals surface area contributed by atoms with Crippen molar-refractivity contribution < 1.29 is 4.79 Å². The van der Waals surface area contributed by atoms with E-state index in [9.17, 15) is 4.79 Å². The van der Waals surface area contributed by atoms with Gasteiger partial charge in [-0.15, -0.1) is 0 Å². The van der Waals surface area contributed by atoms with Crippen molar-refractivity contribution in [3.8, 4) is 0 Å². The summed E-state index contributed by atoms with van der Waals surface area (Å²) in [5.74, 6) is 0.453. The molecule has 4 heteroatoms. The van der Waals surface area contributed by atoms with E-state index in [1.807, 2.05) is 37.3 Å². The molecule has 1 amide bonds. The van der Waals surface area contributed by atoms with Crippen LogP contribution in [0.4, 0.5) is 5.82 Å². The van der Waals surface area contributed by atoms with Crippen molar-refractivity contribution in [2.45, 2.75) is 13.0 Å². The Kier molecular flexibility index (Phi) is 4.13. The number of nitrogens with one attached hydrogen (secondary N) is 2. The fourth-order valence-electron chi connectivity index (χ4n) is 1.89. The third kappa shape index (κ3) is 3.10. The molecule has 0 radical (unpaired) electrons. The first kappa shape index (κ1) is 13.1. The van der Waals surface area contributed by atoms with E-state index in [0.29, 0.717) is 11.4 Å². The third-order valence-electron chi connectivity index (χ3n) is 2.94. The summed E-state index contributed by atoms with van der Waals surface area (Å²) < 4.78 is 0. The number of pyridine rings is 1. The highest BCUT2D eigenvalue weighted by molar-refractivity contribution is 5.98. The molecule has 4 nitrogen and oxygen atoms in total. The topological polar surface area (TPSA) is 54.0 Å². The van der Waals surface area contributed by atoms with E-state index in [4.69, 9.17) is 0 Å². The van der Waals surface area contributed by atoms with E-state index < -0.39 is 0 Å². The summed E-state index contributed by atoms with van der Waals surface area (Å²) >= 11 is 0.